The number of carbonyl (C=O) groups is 3. The predicted octanol–water partition coefficient (Wildman–Crippen LogP) is 5.00. The highest BCUT2D eigenvalue weighted by Gasteiger charge is 2.47. The van der Waals surface area contributed by atoms with Crippen LogP contribution in [0.15, 0.2) is 54.7 Å². The van der Waals surface area contributed by atoms with Crippen molar-refractivity contribution >= 4 is 57.6 Å². The number of nitrogens with one attached hydrogen (secondary N) is 1. The van der Waals surface area contributed by atoms with Gasteiger partial charge in [0, 0.05) is 47.4 Å². The molecule has 3 aliphatic rings. The van der Waals surface area contributed by atoms with E-state index in [-0.39, 0.29) is 40.0 Å². The van der Waals surface area contributed by atoms with E-state index in [1.165, 1.54) is 30.3 Å². The molecule has 0 saturated carbocycles. The van der Waals surface area contributed by atoms with Gasteiger partial charge in [-0.1, -0.05) is 12.1 Å². The maximum atomic E-state index is 14.9. The predicted molar refractivity (Wildman–Crippen MR) is 168 cm³/mol. The number of rotatable bonds is 6. The zero-order valence-electron chi connectivity index (χ0n) is 24.5. The van der Waals surface area contributed by atoms with E-state index in [2.05, 4.69) is 10.3 Å². The summed E-state index contributed by atoms with van der Waals surface area (Å²) in [5, 5.41) is 4.12. The molecule has 7 rings (SSSR count). The molecule has 4 atom stereocenters. The monoisotopic (exact) mass is 668 g/mol. The summed E-state index contributed by atoms with van der Waals surface area (Å²) in [4.78, 5) is 67.0. The summed E-state index contributed by atoms with van der Waals surface area (Å²) in [5.41, 5.74) is 0.934. The quantitative estimate of drug-likeness (QED) is 0.246. The van der Waals surface area contributed by atoms with E-state index in [1.54, 1.807) is 28.1 Å². The summed E-state index contributed by atoms with van der Waals surface area (Å²) in [6.45, 7) is 0.714. The molecule has 3 fully saturated rings. The zero-order chi connectivity index (χ0) is 32.3. The van der Waals surface area contributed by atoms with Crippen molar-refractivity contribution in [3.8, 4) is 0 Å². The summed E-state index contributed by atoms with van der Waals surface area (Å²) < 4.78 is 41.1. The van der Waals surface area contributed by atoms with E-state index in [9.17, 15) is 37.5 Å². The Morgan fingerprint density at radius 3 is 2.63 bits per heavy atom. The molecule has 4 aromatic rings. The second kappa shape index (κ2) is 11.8. The number of pyridine rings is 1. The van der Waals surface area contributed by atoms with E-state index in [4.69, 9.17) is 0 Å². The maximum absolute atomic E-state index is 14.9. The fraction of sp³-hybridized carbons (Fsp3) is 0.375. The van der Waals surface area contributed by atoms with E-state index in [0.717, 1.165) is 23.1 Å². The normalized spacial score (nSPS) is 22.9. The highest BCUT2D eigenvalue weighted by Crippen LogP contribution is 2.53. The van der Waals surface area contributed by atoms with E-state index in [1.807, 2.05) is 6.07 Å². The number of hydrogen-bond donors (Lipinski definition) is 3. The molecule has 3 amide bonds. The number of halogens is 2. The molecule has 46 heavy (non-hydrogen) atoms. The number of fused-ring (bicyclic) bond motifs is 3. The molecule has 3 aliphatic heterocycles. The first-order valence-corrected chi connectivity index (χ1v) is 17.7. The van der Waals surface area contributed by atoms with Crippen LogP contribution in [-0.2, 0) is 14.2 Å². The van der Waals surface area contributed by atoms with E-state index in [0.29, 0.717) is 59.9 Å². The Morgan fingerprint density at radius 1 is 1.04 bits per heavy atom. The smallest absolute Gasteiger partial charge is 0.340 e. The number of alkyl halides is 1. The molecule has 14 heteroatoms. The highest BCUT2D eigenvalue weighted by molar-refractivity contribution is 7.51. The largest absolute Gasteiger partial charge is 0.363 e. The Morgan fingerprint density at radius 2 is 1.85 bits per heavy atom. The van der Waals surface area contributed by atoms with Gasteiger partial charge in [-0.2, -0.15) is 0 Å². The van der Waals surface area contributed by atoms with Crippen LogP contribution in [0, 0.1) is 5.82 Å². The van der Waals surface area contributed by atoms with Gasteiger partial charge in [-0.25, -0.2) is 8.78 Å². The van der Waals surface area contributed by atoms with Crippen LogP contribution in [-0.4, -0.2) is 73.5 Å². The number of aromatic nitrogens is 1. The minimum absolute atomic E-state index is 0.101. The van der Waals surface area contributed by atoms with Crippen molar-refractivity contribution in [1.82, 2.24) is 20.1 Å². The van der Waals surface area contributed by atoms with Crippen LogP contribution in [0.1, 0.15) is 64.7 Å². The van der Waals surface area contributed by atoms with Gasteiger partial charge in [0.1, 0.15) is 17.9 Å². The van der Waals surface area contributed by atoms with Crippen LogP contribution >= 0.6 is 18.9 Å². The van der Waals surface area contributed by atoms with Crippen molar-refractivity contribution < 1.29 is 37.5 Å². The Bertz CT molecular complexity index is 1930. The second-order valence-electron chi connectivity index (χ2n) is 12.3. The van der Waals surface area contributed by atoms with Crippen LogP contribution in [0.2, 0.25) is 0 Å². The molecule has 0 spiro atoms. The first-order valence-electron chi connectivity index (χ1n) is 15.2. The van der Waals surface area contributed by atoms with E-state index >= 15 is 0 Å². The lowest BCUT2D eigenvalue weighted by Crippen LogP contribution is -2.58. The molecular formula is C32H31F2N4O6PS. The van der Waals surface area contributed by atoms with Crippen LogP contribution in [0.5, 0.6) is 0 Å². The Labute approximate surface area is 266 Å². The standard InChI is InChI=1S/C32H31F2N4O6PS/c33-23-14-25-17(3-2-10-35-25)12-22(23)20-15-37(16-20)32(41)26-8-7-21-4-1-5-24(31(40)38(21)26)36-30(39)28-13-19-11-18(6-9-27(19)46-28)29(34)45(42,43)44/h2-3,6,9-14,20-21,24,26,29H,1,4-5,7-8,15-16H2,(H,36,39)(H2,42,43,44)/t21-,24-,26-,29?/m0/s1. The van der Waals surface area contributed by atoms with Crippen molar-refractivity contribution in [3.63, 3.8) is 0 Å². The molecule has 2 aromatic carbocycles. The number of thiophene rings is 1. The minimum atomic E-state index is -4.99. The summed E-state index contributed by atoms with van der Waals surface area (Å²) in [6.07, 6.45) is 4.65. The summed E-state index contributed by atoms with van der Waals surface area (Å²) >= 11 is 1.12. The Balaban J connectivity index is 1.03. The van der Waals surface area contributed by atoms with Crippen LogP contribution in [0.4, 0.5) is 8.78 Å². The molecule has 5 heterocycles. The molecule has 0 bridgehead atoms. The van der Waals surface area contributed by atoms with Gasteiger partial charge < -0.3 is 24.9 Å². The van der Waals surface area contributed by atoms with Gasteiger partial charge in [0.25, 0.3) is 5.91 Å². The van der Waals surface area contributed by atoms with Gasteiger partial charge >= 0.3 is 7.60 Å². The lowest BCUT2D eigenvalue weighted by Gasteiger charge is -2.42. The molecule has 2 aromatic heterocycles. The zero-order valence-corrected chi connectivity index (χ0v) is 26.2. The summed E-state index contributed by atoms with van der Waals surface area (Å²) in [6, 6.07) is 10.9. The average molecular weight is 669 g/mol. The number of nitrogens with zero attached hydrogens (tertiary/aromatic N) is 3. The van der Waals surface area contributed by atoms with Crippen molar-refractivity contribution in [2.75, 3.05) is 13.1 Å². The summed E-state index contributed by atoms with van der Waals surface area (Å²) in [7, 11) is -4.99. The van der Waals surface area contributed by atoms with Crippen LogP contribution in [0.3, 0.4) is 0 Å². The lowest BCUT2D eigenvalue weighted by molar-refractivity contribution is -0.148. The highest BCUT2D eigenvalue weighted by atomic mass is 32.1. The average Bonchev–Trinajstić information content (AvgIpc) is 3.59. The topological polar surface area (TPSA) is 140 Å². The third-order valence-corrected chi connectivity index (χ3v) is 11.4. The molecule has 10 nitrogen and oxygen atoms in total. The van der Waals surface area contributed by atoms with Crippen LogP contribution < -0.4 is 5.32 Å². The summed E-state index contributed by atoms with van der Waals surface area (Å²) in [5.74, 6) is -3.93. The number of likely N-dealkylation sites (tertiary alicyclic amines) is 1. The molecule has 0 aliphatic carbocycles. The van der Waals surface area contributed by atoms with Crippen molar-refractivity contribution in [1.29, 1.82) is 0 Å². The minimum Gasteiger partial charge on any atom is -0.340 e. The SMILES string of the molecule is O=C(N[C@H]1CCC[C@H]2CC[C@@H](C(=O)N3CC(c4cc5cccnc5cc4F)C3)N2C1=O)c1cc2cc(C(F)P(=O)(O)O)ccc2s1. The van der Waals surface area contributed by atoms with Gasteiger partial charge in [-0.15, -0.1) is 11.3 Å². The molecule has 3 saturated heterocycles. The molecular weight excluding hydrogens is 637 g/mol. The van der Waals surface area contributed by atoms with Crippen molar-refractivity contribution in [3.05, 3.63) is 76.5 Å². The fourth-order valence-corrected chi connectivity index (χ4v) is 8.47. The molecule has 240 valence electrons. The van der Waals surface area contributed by atoms with E-state index < -0.39 is 31.5 Å². The third kappa shape index (κ3) is 5.59. The van der Waals surface area contributed by atoms with Crippen molar-refractivity contribution in [2.24, 2.45) is 0 Å². The number of carbonyl (C=O) groups excluding carboxylic acids is 3. The molecule has 3 N–H and O–H groups in total. The third-order valence-electron chi connectivity index (χ3n) is 9.36. The van der Waals surface area contributed by atoms with Gasteiger partial charge in [-0.05, 0) is 78.9 Å². The molecule has 1 unspecified atom stereocenters. The van der Waals surface area contributed by atoms with Crippen molar-refractivity contribution in [2.45, 2.75) is 62.1 Å². The Hall–Kier alpha value is -3.77. The second-order valence-corrected chi connectivity index (χ2v) is 15.0. The van der Waals surface area contributed by atoms with Crippen LogP contribution in [0.25, 0.3) is 21.0 Å². The number of hydrogen-bond acceptors (Lipinski definition) is 6. The van der Waals surface area contributed by atoms with Gasteiger partial charge in [0.2, 0.25) is 17.7 Å². The van der Waals surface area contributed by atoms with Gasteiger partial charge in [0.15, 0.2) is 0 Å². The lowest BCUT2D eigenvalue weighted by atomic mass is 9.89. The fourth-order valence-electron chi connectivity index (χ4n) is 6.97. The number of amides is 3. The number of benzene rings is 2. The Kier molecular flexibility index (Phi) is 7.91. The van der Waals surface area contributed by atoms with Gasteiger partial charge in [0.05, 0.1) is 10.4 Å². The maximum Gasteiger partial charge on any atom is 0.363 e. The first-order chi connectivity index (χ1) is 22.0. The van der Waals surface area contributed by atoms with Gasteiger partial charge in [-0.3, -0.25) is 23.9 Å². The first kappa shape index (κ1) is 30.9. The molecule has 0 radical (unpaired) electrons.